The van der Waals surface area contributed by atoms with Crippen molar-refractivity contribution in [2.75, 3.05) is 19.1 Å². The van der Waals surface area contributed by atoms with Crippen LogP contribution in [0.25, 0.3) is 6.08 Å². The normalized spacial score (nSPS) is 13.0. The first-order valence-electron chi connectivity index (χ1n) is 6.86. The molecule has 0 heterocycles. The lowest BCUT2D eigenvalue weighted by atomic mass is 10.1. The van der Waals surface area contributed by atoms with Gasteiger partial charge in [-0.3, -0.25) is 4.90 Å². The topological polar surface area (TPSA) is 40.5 Å². The molecule has 5 heteroatoms. The molecule has 0 spiro atoms. The minimum absolute atomic E-state index is 0.307. The van der Waals surface area contributed by atoms with Crippen LogP contribution >= 0.6 is 11.8 Å². The van der Waals surface area contributed by atoms with Crippen LogP contribution in [0.1, 0.15) is 24.5 Å². The van der Waals surface area contributed by atoms with Crippen LogP contribution in [0.5, 0.6) is 0 Å². The van der Waals surface area contributed by atoms with E-state index in [9.17, 15) is 9.18 Å². The zero-order valence-corrected chi connectivity index (χ0v) is 13.5. The lowest BCUT2D eigenvalue weighted by Gasteiger charge is -2.26. The van der Waals surface area contributed by atoms with Gasteiger partial charge in [0, 0.05) is 30.0 Å². The highest BCUT2D eigenvalue weighted by Gasteiger charge is 2.13. The first-order chi connectivity index (χ1) is 9.97. The van der Waals surface area contributed by atoms with E-state index in [-0.39, 0.29) is 0 Å². The summed E-state index contributed by atoms with van der Waals surface area (Å²) in [6.07, 6.45) is 5.39. The number of carbonyl (C=O) groups is 1. The van der Waals surface area contributed by atoms with Crippen LogP contribution in [0.2, 0.25) is 0 Å². The predicted octanol–water partition coefficient (Wildman–Crippen LogP) is 3.50. The van der Waals surface area contributed by atoms with Crippen LogP contribution < -0.4 is 0 Å². The maximum atomic E-state index is 13.6. The summed E-state index contributed by atoms with van der Waals surface area (Å²) < 4.78 is 13.6. The average Bonchev–Trinajstić information content (AvgIpc) is 2.45. The van der Waals surface area contributed by atoms with Gasteiger partial charge in [0.2, 0.25) is 0 Å². The van der Waals surface area contributed by atoms with Crippen LogP contribution in [0, 0.1) is 5.82 Å². The highest BCUT2D eigenvalue weighted by Crippen LogP contribution is 2.16. The van der Waals surface area contributed by atoms with Crippen molar-refractivity contribution in [1.82, 2.24) is 4.90 Å². The monoisotopic (exact) mass is 311 g/mol. The molecule has 0 saturated heterocycles. The Balaban J connectivity index is 2.84. The fourth-order valence-electron chi connectivity index (χ4n) is 2.15. The fraction of sp³-hybridized carbons (Fsp3) is 0.438. The Labute approximate surface area is 129 Å². The van der Waals surface area contributed by atoms with Crippen molar-refractivity contribution in [1.29, 1.82) is 0 Å². The van der Waals surface area contributed by atoms with Crippen molar-refractivity contribution < 1.29 is 14.3 Å². The maximum absolute atomic E-state index is 13.6. The molecule has 0 radical (unpaired) electrons. The highest BCUT2D eigenvalue weighted by molar-refractivity contribution is 7.98. The van der Waals surface area contributed by atoms with E-state index < -0.39 is 11.8 Å². The Kier molecular flexibility index (Phi) is 7.47. The first kappa shape index (κ1) is 17.7. The minimum Gasteiger partial charge on any atom is -0.478 e. The molecule has 116 valence electrons. The number of aliphatic carboxylic acids is 1. The first-order valence-corrected chi connectivity index (χ1v) is 8.25. The van der Waals surface area contributed by atoms with Crippen molar-refractivity contribution >= 4 is 23.8 Å². The molecule has 1 rings (SSSR count). The van der Waals surface area contributed by atoms with Gasteiger partial charge in [0.05, 0.1) is 0 Å². The van der Waals surface area contributed by atoms with Crippen molar-refractivity contribution in [2.45, 2.75) is 25.9 Å². The molecule has 1 aromatic rings. The number of hydrogen-bond acceptors (Lipinski definition) is 3. The number of nitrogens with zero attached hydrogens (tertiary/aromatic N) is 1. The standard InChI is InChI=1S/C16H22FNO2S/c1-4-14(11-21-3)18(2)10-12-5-7-15(17)13(9-12)6-8-16(19)20/h5-9,14H,4,10-11H2,1-3H3,(H,19,20)/b8-6+. The van der Waals surface area contributed by atoms with Crippen LogP contribution in [-0.2, 0) is 11.3 Å². The molecule has 0 amide bonds. The van der Waals surface area contributed by atoms with Gasteiger partial charge in [0.25, 0.3) is 0 Å². The third-order valence-electron chi connectivity index (χ3n) is 3.35. The van der Waals surface area contributed by atoms with E-state index in [0.717, 1.165) is 23.8 Å². The van der Waals surface area contributed by atoms with Crippen LogP contribution in [-0.4, -0.2) is 41.1 Å². The smallest absolute Gasteiger partial charge is 0.328 e. The molecule has 0 fully saturated rings. The fourth-order valence-corrected chi connectivity index (χ4v) is 3.02. The third kappa shape index (κ3) is 5.89. The highest BCUT2D eigenvalue weighted by atomic mass is 32.2. The summed E-state index contributed by atoms with van der Waals surface area (Å²) in [4.78, 5) is 12.8. The van der Waals surface area contributed by atoms with Gasteiger partial charge in [-0.25, -0.2) is 9.18 Å². The molecule has 0 bridgehead atoms. The zero-order valence-electron chi connectivity index (χ0n) is 12.7. The lowest BCUT2D eigenvalue weighted by molar-refractivity contribution is -0.131. The molecule has 1 aromatic carbocycles. The third-order valence-corrected chi connectivity index (χ3v) is 4.07. The number of rotatable bonds is 8. The van der Waals surface area contributed by atoms with Crippen molar-refractivity contribution in [3.05, 3.63) is 41.2 Å². The van der Waals surface area contributed by atoms with E-state index in [0.29, 0.717) is 18.2 Å². The van der Waals surface area contributed by atoms with Crippen LogP contribution in [0.15, 0.2) is 24.3 Å². The van der Waals surface area contributed by atoms with E-state index in [1.165, 1.54) is 12.1 Å². The summed E-state index contributed by atoms with van der Waals surface area (Å²) in [5.74, 6) is -0.432. The van der Waals surface area contributed by atoms with Gasteiger partial charge in [0.15, 0.2) is 0 Å². The molecule has 0 aliphatic heterocycles. The van der Waals surface area contributed by atoms with E-state index >= 15 is 0 Å². The van der Waals surface area contributed by atoms with Gasteiger partial charge in [-0.15, -0.1) is 0 Å². The molecule has 21 heavy (non-hydrogen) atoms. The van der Waals surface area contributed by atoms with Gasteiger partial charge in [-0.1, -0.05) is 13.0 Å². The van der Waals surface area contributed by atoms with Gasteiger partial charge in [0.1, 0.15) is 5.82 Å². The molecular formula is C16H22FNO2S. The Bertz CT molecular complexity index is 505. The summed E-state index contributed by atoms with van der Waals surface area (Å²) >= 11 is 1.81. The number of benzene rings is 1. The Morgan fingerprint density at radius 3 is 2.81 bits per heavy atom. The molecule has 0 saturated carbocycles. The summed E-state index contributed by atoms with van der Waals surface area (Å²) in [5, 5.41) is 8.62. The molecule has 0 aromatic heterocycles. The Morgan fingerprint density at radius 1 is 1.52 bits per heavy atom. The number of halogens is 1. The van der Waals surface area contributed by atoms with Gasteiger partial charge in [-0.05, 0) is 43.5 Å². The molecule has 1 unspecified atom stereocenters. The molecule has 1 N–H and O–H groups in total. The Hall–Kier alpha value is -1.33. The number of thioether (sulfide) groups is 1. The summed E-state index contributed by atoms with van der Waals surface area (Å²) in [6, 6.07) is 5.32. The number of carboxylic acid groups (broad SMARTS) is 1. The van der Waals surface area contributed by atoms with E-state index in [1.54, 1.807) is 12.1 Å². The lowest BCUT2D eigenvalue weighted by Crippen LogP contribution is -2.32. The van der Waals surface area contributed by atoms with Gasteiger partial charge >= 0.3 is 5.97 Å². The van der Waals surface area contributed by atoms with E-state index in [4.69, 9.17) is 5.11 Å². The molecule has 3 nitrogen and oxygen atoms in total. The summed E-state index contributed by atoms with van der Waals surface area (Å²) in [7, 11) is 2.06. The van der Waals surface area contributed by atoms with Crippen LogP contribution in [0.3, 0.4) is 0 Å². The summed E-state index contributed by atoms with van der Waals surface area (Å²) in [6.45, 7) is 2.87. The largest absolute Gasteiger partial charge is 0.478 e. The summed E-state index contributed by atoms with van der Waals surface area (Å²) in [5.41, 5.74) is 1.28. The van der Waals surface area contributed by atoms with Crippen LogP contribution in [0.4, 0.5) is 4.39 Å². The molecular weight excluding hydrogens is 289 g/mol. The zero-order chi connectivity index (χ0) is 15.8. The molecule has 0 aliphatic carbocycles. The second-order valence-corrected chi connectivity index (χ2v) is 5.87. The second-order valence-electron chi connectivity index (χ2n) is 4.96. The Morgan fingerprint density at radius 2 is 2.24 bits per heavy atom. The number of carboxylic acids is 1. The predicted molar refractivity (Wildman–Crippen MR) is 87.0 cm³/mol. The second kappa shape index (κ2) is 8.85. The molecule has 1 atom stereocenters. The maximum Gasteiger partial charge on any atom is 0.328 e. The quantitative estimate of drug-likeness (QED) is 0.746. The van der Waals surface area contributed by atoms with Crippen molar-refractivity contribution in [3.8, 4) is 0 Å². The van der Waals surface area contributed by atoms with Gasteiger partial charge in [-0.2, -0.15) is 11.8 Å². The van der Waals surface area contributed by atoms with E-state index in [1.807, 2.05) is 11.8 Å². The molecule has 0 aliphatic rings. The minimum atomic E-state index is -1.08. The van der Waals surface area contributed by atoms with Gasteiger partial charge < -0.3 is 5.11 Å². The average molecular weight is 311 g/mol. The van der Waals surface area contributed by atoms with E-state index in [2.05, 4.69) is 25.1 Å². The van der Waals surface area contributed by atoms with Crippen molar-refractivity contribution in [2.24, 2.45) is 0 Å². The van der Waals surface area contributed by atoms with Crippen molar-refractivity contribution in [3.63, 3.8) is 0 Å². The SMILES string of the molecule is CCC(CSC)N(C)Cc1ccc(F)c(/C=C/C(=O)O)c1. The number of hydrogen-bond donors (Lipinski definition) is 1.